The fourth-order valence-electron chi connectivity index (χ4n) is 3.24. The van der Waals surface area contributed by atoms with Gasteiger partial charge in [0.2, 0.25) is 0 Å². The van der Waals surface area contributed by atoms with E-state index in [0.717, 1.165) is 28.1 Å². The summed E-state index contributed by atoms with van der Waals surface area (Å²) in [6.45, 7) is 0. The molecular weight excluding hydrogens is 375 g/mol. The highest BCUT2D eigenvalue weighted by Crippen LogP contribution is 2.35. The number of H-pyrrole nitrogens is 2. The van der Waals surface area contributed by atoms with Crippen LogP contribution < -0.4 is 5.30 Å². The molecule has 0 saturated carbocycles. The van der Waals surface area contributed by atoms with Gasteiger partial charge in [-0.15, -0.1) is 0 Å². The number of aromatic nitrogens is 4. The molecular formula is C20H15N4O3P. The van der Waals surface area contributed by atoms with E-state index in [1.54, 1.807) is 18.2 Å². The van der Waals surface area contributed by atoms with E-state index in [0.29, 0.717) is 16.7 Å². The molecule has 0 saturated heterocycles. The van der Waals surface area contributed by atoms with E-state index >= 15 is 0 Å². The van der Waals surface area contributed by atoms with Crippen molar-refractivity contribution < 1.29 is 14.4 Å². The Bertz CT molecular complexity index is 1380. The van der Waals surface area contributed by atoms with E-state index in [-0.39, 0.29) is 5.30 Å². The maximum atomic E-state index is 11.9. The normalized spacial score (nSPS) is 13.2. The predicted molar refractivity (Wildman–Crippen MR) is 111 cm³/mol. The SMILES string of the molecule is O=P(O)(O)c1cc2cc3ccc(cc4nc(cc5nc(cc1[nH]2)C=C5)C=C4)[nH]3. The van der Waals surface area contributed by atoms with Gasteiger partial charge in [0.15, 0.2) is 0 Å². The van der Waals surface area contributed by atoms with Gasteiger partial charge in [-0.2, -0.15) is 0 Å². The van der Waals surface area contributed by atoms with Crippen LogP contribution >= 0.6 is 7.60 Å². The van der Waals surface area contributed by atoms with Crippen molar-refractivity contribution >= 4 is 59.3 Å². The van der Waals surface area contributed by atoms with Gasteiger partial charge in [-0.25, -0.2) is 9.97 Å². The lowest BCUT2D eigenvalue weighted by molar-refractivity contribution is 0.388. The number of hydrogen-bond donors (Lipinski definition) is 4. The highest BCUT2D eigenvalue weighted by atomic mass is 31.2. The monoisotopic (exact) mass is 390 g/mol. The van der Waals surface area contributed by atoms with E-state index in [1.165, 1.54) is 6.07 Å². The zero-order chi connectivity index (χ0) is 19.3. The van der Waals surface area contributed by atoms with Gasteiger partial charge in [0.05, 0.1) is 33.6 Å². The summed E-state index contributed by atoms with van der Waals surface area (Å²) in [6, 6.07) is 12.5. The molecule has 8 bridgehead atoms. The Morgan fingerprint density at radius 2 is 1.25 bits per heavy atom. The number of aromatic amines is 2. The lowest BCUT2D eigenvalue weighted by Gasteiger charge is -1.99. The lowest BCUT2D eigenvalue weighted by Crippen LogP contribution is -2.00. The van der Waals surface area contributed by atoms with Crippen molar-refractivity contribution in [3.8, 4) is 0 Å². The molecule has 4 N–H and O–H groups in total. The van der Waals surface area contributed by atoms with Crippen LogP contribution in [0.1, 0.15) is 22.8 Å². The van der Waals surface area contributed by atoms with Crippen LogP contribution in [0, 0.1) is 0 Å². The van der Waals surface area contributed by atoms with Crippen molar-refractivity contribution in [2.24, 2.45) is 0 Å². The molecule has 0 unspecified atom stereocenters. The molecule has 0 amide bonds. The molecule has 28 heavy (non-hydrogen) atoms. The Kier molecular flexibility index (Phi) is 3.70. The van der Waals surface area contributed by atoms with Gasteiger partial charge in [-0.3, -0.25) is 4.57 Å². The van der Waals surface area contributed by atoms with Crippen LogP contribution in [0.15, 0.2) is 42.5 Å². The van der Waals surface area contributed by atoms with Crippen LogP contribution in [0.3, 0.4) is 0 Å². The topological polar surface area (TPSA) is 115 Å². The minimum atomic E-state index is -4.45. The zero-order valence-corrected chi connectivity index (χ0v) is 15.4. The van der Waals surface area contributed by atoms with Crippen molar-refractivity contribution in [1.29, 1.82) is 0 Å². The standard InChI is InChI=1S/C20H15N4O3P/c25-28(26,27)20-11-18-9-16-4-3-14(22-16)7-12-1-2-13(21-12)8-15-5-6-17(23-15)10-19(20)24-18/h1-11,22,24H,(H2,25,26,27). The van der Waals surface area contributed by atoms with Gasteiger partial charge in [-0.1, -0.05) is 0 Å². The van der Waals surface area contributed by atoms with Crippen molar-refractivity contribution in [2.75, 3.05) is 0 Å². The summed E-state index contributed by atoms with van der Waals surface area (Å²) in [6.07, 6.45) is 7.49. The Hall–Kier alpha value is -3.25. The van der Waals surface area contributed by atoms with E-state index in [4.69, 9.17) is 0 Å². The summed E-state index contributed by atoms with van der Waals surface area (Å²) in [5, 5.41) is -0.0585. The number of rotatable bonds is 1. The molecule has 8 heteroatoms. The zero-order valence-electron chi connectivity index (χ0n) is 14.5. The molecule has 0 aliphatic carbocycles. The molecule has 2 aliphatic heterocycles. The molecule has 138 valence electrons. The summed E-state index contributed by atoms with van der Waals surface area (Å²) in [5.74, 6) is 0. The Morgan fingerprint density at radius 1 is 0.679 bits per heavy atom. The van der Waals surface area contributed by atoms with Crippen molar-refractivity contribution in [3.05, 3.63) is 65.2 Å². The summed E-state index contributed by atoms with van der Waals surface area (Å²) in [5.41, 5.74) is 5.54. The minimum absolute atomic E-state index is 0.0585. The maximum absolute atomic E-state index is 11.9. The molecule has 5 rings (SSSR count). The molecule has 3 aromatic rings. The summed E-state index contributed by atoms with van der Waals surface area (Å²) >= 11 is 0. The molecule has 0 fully saturated rings. The van der Waals surface area contributed by atoms with E-state index in [2.05, 4.69) is 19.9 Å². The van der Waals surface area contributed by atoms with Gasteiger partial charge < -0.3 is 19.8 Å². The van der Waals surface area contributed by atoms with Crippen LogP contribution in [0.25, 0.3) is 46.4 Å². The second-order valence-corrected chi connectivity index (χ2v) is 8.17. The molecule has 5 heterocycles. The second-order valence-electron chi connectivity index (χ2n) is 6.60. The van der Waals surface area contributed by atoms with E-state index in [9.17, 15) is 14.4 Å². The fourth-order valence-corrected chi connectivity index (χ4v) is 3.99. The number of fused-ring (bicyclic) bond motifs is 8. The third-order valence-electron chi connectivity index (χ3n) is 4.46. The first-order valence-corrected chi connectivity index (χ1v) is 10.2. The van der Waals surface area contributed by atoms with Gasteiger partial charge in [0.25, 0.3) is 0 Å². The van der Waals surface area contributed by atoms with Crippen LogP contribution in [0.4, 0.5) is 0 Å². The third-order valence-corrected chi connectivity index (χ3v) is 5.46. The third kappa shape index (κ3) is 3.23. The number of hydrogen-bond acceptors (Lipinski definition) is 3. The van der Waals surface area contributed by atoms with Crippen LogP contribution in [0.5, 0.6) is 0 Å². The summed E-state index contributed by atoms with van der Waals surface area (Å²) < 4.78 is 11.9. The Morgan fingerprint density at radius 3 is 1.89 bits per heavy atom. The first kappa shape index (κ1) is 16.9. The van der Waals surface area contributed by atoms with Crippen molar-refractivity contribution in [3.63, 3.8) is 0 Å². The van der Waals surface area contributed by atoms with Gasteiger partial charge in [-0.05, 0) is 66.8 Å². The first-order chi connectivity index (χ1) is 13.4. The van der Waals surface area contributed by atoms with Gasteiger partial charge in [0, 0.05) is 16.6 Å². The minimum Gasteiger partial charge on any atom is -0.355 e. The van der Waals surface area contributed by atoms with Crippen LogP contribution in [0.2, 0.25) is 0 Å². The Balaban J connectivity index is 1.88. The average Bonchev–Trinajstić information content (AvgIpc) is 3.38. The summed E-state index contributed by atoms with van der Waals surface area (Å²) in [7, 11) is -4.45. The fraction of sp³-hybridized carbons (Fsp3) is 0. The first-order valence-electron chi connectivity index (χ1n) is 8.57. The van der Waals surface area contributed by atoms with Crippen molar-refractivity contribution in [1.82, 2.24) is 19.9 Å². The molecule has 7 nitrogen and oxygen atoms in total. The Labute approximate surface area is 159 Å². The maximum Gasteiger partial charge on any atom is 0.358 e. The van der Waals surface area contributed by atoms with Crippen LogP contribution in [-0.2, 0) is 4.57 Å². The van der Waals surface area contributed by atoms with E-state index < -0.39 is 7.60 Å². The number of nitrogens with zero attached hydrogens (tertiary/aromatic N) is 2. The second kappa shape index (κ2) is 6.14. The molecule has 2 aliphatic rings. The van der Waals surface area contributed by atoms with Crippen LogP contribution in [-0.4, -0.2) is 29.7 Å². The lowest BCUT2D eigenvalue weighted by atomic mass is 10.3. The molecule has 0 spiro atoms. The largest absolute Gasteiger partial charge is 0.358 e. The van der Waals surface area contributed by atoms with Gasteiger partial charge in [0.1, 0.15) is 0 Å². The summed E-state index contributed by atoms with van der Waals surface area (Å²) in [4.78, 5) is 34.8. The van der Waals surface area contributed by atoms with E-state index in [1.807, 2.05) is 42.5 Å². The molecule has 0 aromatic carbocycles. The molecule has 0 atom stereocenters. The quantitative estimate of drug-likeness (QED) is 0.327. The highest BCUT2D eigenvalue weighted by Gasteiger charge is 2.21. The number of nitrogens with one attached hydrogen (secondary N) is 2. The molecule has 0 radical (unpaired) electrons. The van der Waals surface area contributed by atoms with Crippen molar-refractivity contribution in [2.45, 2.75) is 0 Å². The average molecular weight is 390 g/mol. The van der Waals surface area contributed by atoms with Gasteiger partial charge >= 0.3 is 7.60 Å². The predicted octanol–water partition coefficient (Wildman–Crippen LogP) is 3.46. The highest BCUT2D eigenvalue weighted by molar-refractivity contribution is 7.60. The smallest absolute Gasteiger partial charge is 0.355 e. The molecule has 3 aromatic heterocycles.